The van der Waals surface area contributed by atoms with E-state index in [4.69, 9.17) is 4.74 Å². The summed E-state index contributed by atoms with van der Waals surface area (Å²) >= 11 is 0. The van der Waals surface area contributed by atoms with E-state index < -0.39 is 11.0 Å². The summed E-state index contributed by atoms with van der Waals surface area (Å²) in [5.74, 6) is -0.574. The molecule has 0 atom stereocenters. The highest BCUT2D eigenvalue weighted by molar-refractivity contribution is 5.81. The van der Waals surface area contributed by atoms with E-state index in [9.17, 15) is 14.9 Å². The molecule has 0 aliphatic carbocycles. The third kappa shape index (κ3) is 4.33. The van der Waals surface area contributed by atoms with Crippen LogP contribution in [0.3, 0.4) is 0 Å². The second-order valence-corrected chi connectivity index (χ2v) is 4.69. The van der Waals surface area contributed by atoms with Gasteiger partial charge in [0, 0.05) is 11.2 Å². The summed E-state index contributed by atoms with van der Waals surface area (Å²) in [5.41, 5.74) is 0.995. The summed E-state index contributed by atoms with van der Waals surface area (Å²) in [4.78, 5) is 22.8. The molecule has 2 aromatic carbocycles. The topological polar surface area (TPSA) is 75.9 Å². The van der Waals surface area contributed by atoms with Gasteiger partial charge < -0.3 is 4.74 Å². The Hall–Kier alpha value is -3.35. The highest BCUT2D eigenvalue weighted by Gasteiger charge is 2.26. The Balaban J connectivity index is 2.30. The first-order chi connectivity index (χ1) is 11.6. The SMILES string of the molecule is C=CC(=O)OCCN(c1ccccc1)N(c1ccccc1)[N+](=O)[O-]. The van der Waals surface area contributed by atoms with Gasteiger partial charge in [-0.15, -0.1) is 0 Å². The molecule has 0 N–H and O–H groups in total. The predicted octanol–water partition coefficient (Wildman–Crippen LogP) is 2.84. The monoisotopic (exact) mass is 327 g/mol. The first-order valence-corrected chi connectivity index (χ1v) is 7.24. The molecule has 0 aromatic heterocycles. The summed E-state index contributed by atoms with van der Waals surface area (Å²) < 4.78 is 4.96. The number of anilines is 2. The fourth-order valence-electron chi connectivity index (χ4n) is 2.11. The van der Waals surface area contributed by atoms with Gasteiger partial charge in [0.05, 0.1) is 12.2 Å². The zero-order valence-corrected chi connectivity index (χ0v) is 12.9. The number of nitro groups is 1. The number of hydrogen-bond acceptors (Lipinski definition) is 5. The lowest BCUT2D eigenvalue weighted by Crippen LogP contribution is -2.48. The maximum absolute atomic E-state index is 11.6. The summed E-state index contributed by atoms with van der Waals surface area (Å²) in [5, 5.41) is 13.5. The molecule has 7 nitrogen and oxygen atoms in total. The van der Waals surface area contributed by atoms with Crippen LogP contribution >= 0.6 is 0 Å². The van der Waals surface area contributed by atoms with Gasteiger partial charge in [0.1, 0.15) is 12.3 Å². The Labute approximate surface area is 139 Å². The van der Waals surface area contributed by atoms with Crippen LogP contribution < -0.4 is 10.1 Å². The summed E-state index contributed by atoms with van der Waals surface area (Å²) in [6.45, 7) is 3.41. The molecule has 0 bridgehead atoms. The predicted molar refractivity (Wildman–Crippen MR) is 90.9 cm³/mol. The molecule has 0 aliphatic rings. The van der Waals surface area contributed by atoms with Crippen molar-refractivity contribution in [1.82, 2.24) is 0 Å². The largest absolute Gasteiger partial charge is 0.461 e. The normalized spacial score (nSPS) is 9.83. The highest BCUT2D eigenvalue weighted by atomic mass is 16.7. The number of carbonyl (C=O) groups is 1. The van der Waals surface area contributed by atoms with E-state index in [-0.39, 0.29) is 13.2 Å². The van der Waals surface area contributed by atoms with Crippen LogP contribution in [0.15, 0.2) is 73.3 Å². The molecule has 0 unspecified atom stereocenters. The van der Waals surface area contributed by atoms with Crippen molar-refractivity contribution in [3.05, 3.63) is 83.4 Å². The van der Waals surface area contributed by atoms with E-state index in [1.807, 2.05) is 6.07 Å². The van der Waals surface area contributed by atoms with E-state index in [1.54, 1.807) is 54.6 Å². The zero-order valence-electron chi connectivity index (χ0n) is 12.9. The first-order valence-electron chi connectivity index (χ1n) is 7.24. The van der Waals surface area contributed by atoms with Gasteiger partial charge in [0.25, 0.3) is 0 Å². The molecule has 7 heteroatoms. The van der Waals surface area contributed by atoms with E-state index in [2.05, 4.69) is 6.58 Å². The Morgan fingerprint density at radius 2 is 1.62 bits per heavy atom. The quantitative estimate of drug-likeness (QED) is 0.321. The number of carbonyl (C=O) groups excluding carboxylic acids is 1. The lowest BCUT2D eigenvalue weighted by Gasteiger charge is -2.29. The minimum atomic E-state index is -0.574. The van der Waals surface area contributed by atoms with Crippen molar-refractivity contribution in [2.24, 2.45) is 0 Å². The van der Waals surface area contributed by atoms with Crippen molar-refractivity contribution in [2.75, 3.05) is 23.3 Å². The van der Waals surface area contributed by atoms with Gasteiger partial charge >= 0.3 is 5.97 Å². The van der Waals surface area contributed by atoms with Crippen LogP contribution in [0.1, 0.15) is 0 Å². The Kier molecular flexibility index (Phi) is 5.90. The van der Waals surface area contributed by atoms with Gasteiger partial charge in [0.15, 0.2) is 5.03 Å². The standard InChI is InChI=1S/C17H17N3O4/c1-2-17(21)24-14-13-18(15-9-5-3-6-10-15)19(20(22)23)16-11-7-4-8-12-16/h2-12H,1,13-14H2. The van der Waals surface area contributed by atoms with E-state index in [1.165, 1.54) is 5.01 Å². The maximum Gasteiger partial charge on any atom is 0.330 e. The molecular weight excluding hydrogens is 310 g/mol. The second kappa shape index (κ2) is 8.33. The molecule has 0 fully saturated rings. The minimum absolute atomic E-state index is 0.0169. The minimum Gasteiger partial charge on any atom is -0.461 e. The molecule has 0 amide bonds. The van der Waals surface area contributed by atoms with E-state index >= 15 is 0 Å². The average molecular weight is 327 g/mol. The Bertz CT molecular complexity index is 691. The van der Waals surface area contributed by atoms with Gasteiger partial charge in [-0.25, -0.2) is 19.9 Å². The van der Waals surface area contributed by atoms with Crippen LogP contribution in [0.4, 0.5) is 11.4 Å². The summed E-state index contributed by atoms with van der Waals surface area (Å²) in [6.07, 6.45) is 1.05. The van der Waals surface area contributed by atoms with Crippen molar-refractivity contribution in [3.8, 4) is 0 Å². The molecule has 124 valence electrons. The number of benzene rings is 2. The number of nitrogens with zero attached hydrogens (tertiary/aromatic N) is 3. The fourth-order valence-corrected chi connectivity index (χ4v) is 2.11. The van der Waals surface area contributed by atoms with Crippen LogP contribution in [-0.2, 0) is 9.53 Å². The number of esters is 1. The number of hydrogen-bond donors (Lipinski definition) is 0. The van der Waals surface area contributed by atoms with Crippen LogP contribution in [0.5, 0.6) is 0 Å². The van der Waals surface area contributed by atoms with Crippen LogP contribution in [0, 0.1) is 10.1 Å². The van der Waals surface area contributed by atoms with Crippen molar-refractivity contribution < 1.29 is 14.6 Å². The van der Waals surface area contributed by atoms with Gasteiger partial charge in [-0.1, -0.05) is 43.0 Å². The van der Waals surface area contributed by atoms with E-state index in [0.29, 0.717) is 11.4 Å². The average Bonchev–Trinajstić information content (AvgIpc) is 2.62. The first kappa shape index (κ1) is 17.0. The molecule has 0 saturated heterocycles. The van der Waals surface area contributed by atoms with Crippen LogP contribution in [0.2, 0.25) is 0 Å². The van der Waals surface area contributed by atoms with E-state index in [0.717, 1.165) is 11.2 Å². The maximum atomic E-state index is 11.6. The Morgan fingerprint density at radius 3 is 2.12 bits per heavy atom. The lowest BCUT2D eigenvalue weighted by molar-refractivity contribution is -0.496. The molecule has 0 saturated carbocycles. The highest BCUT2D eigenvalue weighted by Crippen LogP contribution is 2.22. The number of rotatable bonds is 8. The molecule has 0 radical (unpaired) electrons. The number of hydrazine groups is 2. The molecule has 2 rings (SSSR count). The van der Waals surface area contributed by atoms with Crippen molar-refractivity contribution >= 4 is 17.3 Å². The van der Waals surface area contributed by atoms with Crippen LogP contribution in [-0.4, -0.2) is 24.2 Å². The Morgan fingerprint density at radius 1 is 1.08 bits per heavy atom. The van der Waals surface area contributed by atoms with Gasteiger partial charge in [-0.2, -0.15) is 0 Å². The van der Waals surface area contributed by atoms with Crippen LogP contribution in [0.25, 0.3) is 0 Å². The van der Waals surface area contributed by atoms with Gasteiger partial charge in [-0.05, 0) is 24.3 Å². The molecular formula is C17H17N3O4. The third-order valence-corrected chi connectivity index (χ3v) is 3.14. The third-order valence-electron chi connectivity index (χ3n) is 3.14. The van der Waals surface area contributed by atoms with Crippen molar-refractivity contribution in [1.29, 1.82) is 0 Å². The number of ether oxygens (including phenoxy) is 1. The smallest absolute Gasteiger partial charge is 0.330 e. The summed E-state index contributed by atoms with van der Waals surface area (Å²) in [7, 11) is 0. The molecule has 0 heterocycles. The second-order valence-electron chi connectivity index (χ2n) is 4.69. The van der Waals surface area contributed by atoms with Crippen molar-refractivity contribution in [3.63, 3.8) is 0 Å². The lowest BCUT2D eigenvalue weighted by atomic mass is 10.3. The van der Waals surface area contributed by atoms with Gasteiger partial charge in [0.2, 0.25) is 0 Å². The summed E-state index contributed by atoms with van der Waals surface area (Å²) in [6, 6.07) is 17.3. The molecule has 2 aromatic rings. The van der Waals surface area contributed by atoms with Crippen molar-refractivity contribution in [2.45, 2.75) is 0 Å². The van der Waals surface area contributed by atoms with Gasteiger partial charge in [-0.3, -0.25) is 0 Å². The molecule has 0 aliphatic heterocycles. The molecule has 0 spiro atoms. The molecule has 24 heavy (non-hydrogen) atoms. The number of para-hydroxylation sites is 2. The fraction of sp³-hybridized carbons (Fsp3) is 0.118. The zero-order chi connectivity index (χ0) is 17.4.